The first kappa shape index (κ1) is 26.6. The number of rotatable bonds is 7. The molecule has 206 valence electrons. The van der Waals surface area contributed by atoms with Gasteiger partial charge in [-0.2, -0.15) is 13.2 Å². The van der Waals surface area contributed by atoms with E-state index in [4.69, 9.17) is 9.47 Å². The van der Waals surface area contributed by atoms with Crippen molar-refractivity contribution in [3.8, 4) is 0 Å². The Kier molecular flexibility index (Phi) is 7.36. The van der Waals surface area contributed by atoms with Crippen molar-refractivity contribution in [2.75, 3.05) is 38.3 Å². The molecule has 0 unspecified atom stereocenters. The highest BCUT2D eigenvalue weighted by molar-refractivity contribution is 5.84. The molecule has 1 N–H and O–H groups in total. The molecule has 0 radical (unpaired) electrons. The molecular weight excluding hydrogens is 499 g/mol. The minimum atomic E-state index is -4.47. The number of halogens is 5. The number of alkyl halides is 5. The molecule has 0 aromatic carbocycles. The van der Waals surface area contributed by atoms with Gasteiger partial charge in [0.1, 0.15) is 5.82 Å². The van der Waals surface area contributed by atoms with E-state index in [1.54, 1.807) is 16.9 Å². The number of hydrogen-bond donors (Lipinski definition) is 1. The number of carbonyl (C=O) groups is 1. The largest absolute Gasteiger partial charge is 0.416 e. The molecule has 1 saturated carbocycles. The van der Waals surface area contributed by atoms with E-state index in [1.807, 2.05) is 0 Å². The molecule has 1 aromatic rings. The van der Waals surface area contributed by atoms with Gasteiger partial charge in [0.05, 0.1) is 35.8 Å². The highest BCUT2D eigenvalue weighted by Crippen LogP contribution is 2.47. The van der Waals surface area contributed by atoms with Gasteiger partial charge in [-0.25, -0.2) is 13.8 Å². The first-order chi connectivity index (χ1) is 17.6. The third-order valence-corrected chi connectivity index (χ3v) is 8.53. The van der Waals surface area contributed by atoms with Gasteiger partial charge in [-0.05, 0) is 44.2 Å². The number of ether oxygens (including phenoxy) is 2. The SMILES string of the molecule is CO[C@@H]1COCC[C@@H]1N[C@H]1CC[C@](CC(F)F)(C(=O)N2C[C@@H]3C[C@H]2CN3c2cc(C(F)(F)F)ccn2)C1. The maximum Gasteiger partial charge on any atom is 0.416 e. The number of amides is 1. The van der Waals surface area contributed by atoms with E-state index in [1.165, 1.54) is 0 Å². The molecule has 6 atom stereocenters. The van der Waals surface area contributed by atoms with Crippen LogP contribution in [0.1, 0.15) is 44.1 Å². The van der Waals surface area contributed by atoms with Gasteiger partial charge in [0.2, 0.25) is 12.3 Å². The summed E-state index contributed by atoms with van der Waals surface area (Å²) >= 11 is 0. The predicted octanol–water partition coefficient (Wildman–Crippen LogP) is 3.48. The van der Waals surface area contributed by atoms with Crippen molar-refractivity contribution in [1.82, 2.24) is 15.2 Å². The van der Waals surface area contributed by atoms with Crippen LogP contribution in [0.4, 0.5) is 27.8 Å². The van der Waals surface area contributed by atoms with E-state index in [9.17, 15) is 26.7 Å². The van der Waals surface area contributed by atoms with Crippen molar-refractivity contribution < 1.29 is 36.2 Å². The number of pyridine rings is 1. The number of nitrogens with one attached hydrogen (secondary N) is 1. The van der Waals surface area contributed by atoms with Gasteiger partial charge in [0, 0.05) is 51.5 Å². The lowest BCUT2D eigenvalue weighted by Gasteiger charge is -2.40. The van der Waals surface area contributed by atoms with Crippen molar-refractivity contribution in [2.45, 2.75) is 81.4 Å². The van der Waals surface area contributed by atoms with Crippen LogP contribution in [0, 0.1) is 5.41 Å². The Balaban J connectivity index is 1.27. The Morgan fingerprint density at radius 1 is 1.30 bits per heavy atom. The van der Waals surface area contributed by atoms with Gasteiger partial charge in [-0.15, -0.1) is 0 Å². The Morgan fingerprint density at radius 3 is 2.78 bits per heavy atom. The molecule has 37 heavy (non-hydrogen) atoms. The van der Waals surface area contributed by atoms with Gasteiger partial charge < -0.3 is 24.6 Å². The number of methoxy groups -OCH3 is 1. The first-order valence-electron chi connectivity index (χ1n) is 12.9. The number of piperazine rings is 1. The Hall–Kier alpha value is -2.05. The van der Waals surface area contributed by atoms with E-state index < -0.39 is 30.0 Å². The molecule has 4 fully saturated rings. The summed E-state index contributed by atoms with van der Waals surface area (Å²) in [5.41, 5.74) is -1.92. The quantitative estimate of drug-likeness (QED) is 0.543. The number of likely N-dealkylation sites (tertiary alicyclic amines) is 1. The minimum absolute atomic E-state index is 0.0394. The van der Waals surface area contributed by atoms with Crippen LogP contribution in [0.15, 0.2) is 18.3 Å². The number of aromatic nitrogens is 1. The molecule has 4 aliphatic rings. The van der Waals surface area contributed by atoms with Crippen LogP contribution in [0.3, 0.4) is 0 Å². The maximum absolute atomic E-state index is 13.8. The summed E-state index contributed by atoms with van der Waals surface area (Å²) in [6, 6.07) is 1.51. The van der Waals surface area contributed by atoms with E-state index >= 15 is 0 Å². The van der Waals surface area contributed by atoms with E-state index in [2.05, 4.69) is 10.3 Å². The molecule has 1 aromatic heterocycles. The predicted molar refractivity (Wildman–Crippen MR) is 124 cm³/mol. The summed E-state index contributed by atoms with van der Waals surface area (Å²) in [6.07, 6.45) is -3.88. The Morgan fingerprint density at radius 2 is 2.11 bits per heavy atom. The van der Waals surface area contributed by atoms with Crippen LogP contribution in [-0.4, -0.2) is 85.9 Å². The van der Waals surface area contributed by atoms with Crippen molar-refractivity contribution >= 4 is 11.7 Å². The molecule has 12 heteroatoms. The lowest BCUT2D eigenvalue weighted by Crippen LogP contribution is -2.54. The topological polar surface area (TPSA) is 66.9 Å². The van der Waals surface area contributed by atoms with Crippen molar-refractivity contribution in [1.29, 1.82) is 0 Å². The zero-order valence-electron chi connectivity index (χ0n) is 20.7. The molecule has 1 amide bonds. The summed E-state index contributed by atoms with van der Waals surface area (Å²) in [7, 11) is 1.62. The average molecular weight is 533 g/mol. The van der Waals surface area contributed by atoms with Crippen LogP contribution in [0.25, 0.3) is 0 Å². The van der Waals surface area contributed by atoms with Crippen LogP contribution in [0.2, 0.25) is 0 Å². The standard InChI is InChI=1S/C25H33F5N4O3/c1-36-20-14-37-7-4-19(20)32-16-2-5-24(10-16,11-21(26)27)23(35)34-13-17-9-18(34)12-33(17)22-8-15(3-6-31-22)25(28,29)30/h3,6,8,16-21,32H,2,4-5,7,9-14H2,1H3/t16-,17-,18-,19-,20+,24-/m0/s1. The normalized spacial score (nSPS) is 34.1. The second-order valence-electron chi connectivity index (χ2n) is 10.8. The highest BCUT2D eigenvalue weighted by atomic mass is 19.4. The average Bonchev–Trinajstić information content (AvgIpc) is 3.58. The first-order valence-corrected chi connectivity index (χ1v) is 12.9. The third kappa shape index (κ3) is 5.29. The zero-order valence-corrected chi connectivity index (χ0v) is 20.7. The van der Waals surface area contributed by atoms with E-state index in [-0.39, 0.29) is 42.0 Å². The number of anilines is 1. The molecule has 5 rings (SSSR count). The van der Waals surface area contributed by atoms with Crippen molar-refractivity contribution in [3.63, 3.8) is 0 Å². The van der Waals surface area contributed by atoms with Crippen LogP contribution in [0.5, 0.6) is 0 Å². The van der Waals surface area contributed by atoms with Gasteiger partial charge in [0.25, 0.3) is 0 Å². The van der Waals surface area contributed by atoms with Crippen molar-refractivity contribution in [3.05, 3.63) is 23.9 Å². The van der Waals surface area contributed by atoms with E-state index in [0.717, 1.165) is 24.8 Å². The summed E-state index contributed by atoms with van der Waals surface area (Å²) in [6.45, 7) is 1.71. The molecular formula is C25H33F5N4O3. The van der Waals surface area contributed by atoms with Gasteiger partial charge in [-0.3, -0.25) is 4.79 Å². The Bertz CT molecular complexity index is 982. The van der Waals surface area contributed by atoms with Crippen molar-refractivity contribution in [2.24, 2.45) is 5.41 Å². The number of carbonyl (C=O) groups excluding carboxylic acids is 1. The molecule has 3 saturated heterocycles. The highest BCUT2D eigenvalue weighted by Gasteiger charge is 2.54. The van der Waals surface area contributed by atoms with E-state index in [0.29, 0.717) is 52.0 Å². The molecule has 3 aliphatic heterocycles. The number of nitrogens with zero attached hydrogens (tertiary/aromatic N) is 3. The second-order valence-corrected chi connectivity index (χ2v) is 10.8. The lowest BCUT2D eigenvalue weighted by molar-refractivity contribution is -0.146. The third-order valence-electron chi connectivity index (χ3n) is 8.53. The molecule has 2 bridgehead atoms. The summed E-state index contributed by atoms with van der Waals surface area (Å²) in [5.74, 6) is -0.0254. The van der Waals surface area contributed by atoms with Gasteiger partial charge in [-0.1, -0.05) is 0 Å². The van der Waals surface area contributed by atoms with Crippen LogP contribution in [-0.2, 0) is 20.4 Å². The Labute approximate surface area is 212 Å². The molecule has 7 nitrogen and oxygen atoms in total. The lowest BCUT2D eigenvalue weighted by atomic mass is 9.80. The molecule has 0 spiro atoms. The fourth-order valence-electron chi connectivity index (χ4n) is 6.72. The zero-order chi connectivity index (χ0) is 26.4. The smallest absolute Gasteiger partial charge is 0.379 e. The fourth-order valence-corrected chi connectivity index (χ4v) is 6.72. The number of hydrogen-bond acceptors (Lipinski definition) is 6. The minimum Gasteiger partial charge on any atom is -0.379 e. The summed E-state index contributed by atoms with van der Waals surface area (Å²) in [5, 5.41) is 3.54. The molecule has 4 heterocycles. The number of fused-ring (bicyclic) bond motifs is 2. The van der Waals surface area contributed by atoms with Crippen LogP contribution >= 0.6 is 0 Å². The van der Waals surface area contributed by atoms with Gasteiger partial charge >= 0.3 is 6.18 Å². The molecule has 1 aliphatic carbocycles. The van der Waals surface area contributed by atoms with Crippen LogP contribution < -0.4 is 10.2 Å². The summed E-state index contributed by atoms with van der Waals surface area (Å²) in [4.78, 5) is 21.5. The maximum atomic E-state index is 13.8. The van der Waals surface area contributed by atoms with Gasteiger partial charge in [0.15, 0.2) is 0 Å². The summed E-state index contributed by atoms with van der Waals surface area (Å²) < 4.78 is 78.0. The monoisotopic (exact) mass is 532 g/mol. The fraction of sp³-hybridized carbons (Fsp3) is 0.760. The second kappa shape index (κ2) is 10.3.